The molecule has 3 N–H and O–H groups in total. The van der Waals surface area contributed by atoms with E-state index in [0.717, 1.165) is 30.4 Å². The Hall–Kier alpha value is -1.33. The number of nitrogens with one attached hydrogen (secondary N) is 1. The van der Waals surface area contributed by atoms with Gasteiger partial charge in [0.1, 0.15) is 4.90 Å². The van der Waals surface area contributed by atoms with E-state index < -0.39 is 10.0 Å². The molecule has 0 bridgehead atoms. The zero-order valence-corrected chi connectivity index (χ0v) is 12.1. The summed E-state index contributed by atoms with van der Waals surface area (Å²) in [6.07, 6.45) is 6.58. The highest BCUT2D eigenvalue weighted by Crippen LogP contribution is 2.24. The van der Waals surface area contributed by atoms with E-state index in [1.165, 1.54) is 0 Å². The second-order valence-corrected chi connectivity index (χ2v) is 6.76. The van der Waals surface area contributed by atoms with Crippen LogP contribution in [-0.2, 0) is 10.0 Å². The Bertz CT molecular complexity index is 606. The van der Waals surface area contributed by atoms with Crippen LogP contribution < -0.4 is 10.5 Å². The molecule has 0 spiro atoms. The zero-order chi connectivity index (χ0) is 14.0. The molecular weight excluding hydrogens is 260 g/mol. The number of hydrogen-bond acceptors (Lipinski definition) is 3. The lowest BCUT2D eigenvalue weighted by atomic mass is 10.0. The first-order valence-corrected chi connectivity index (χ1v) is 7.92. The lowest BCUT2D eigenvalue weighted by Crippen LogP contribution is -2.35. The van der Waals surface area contributed by atoms with E-state index in [4.69, 9.17) is 5.73 Å². The third-order valence-electron chi connectivity index (χ3n) is 3.51. The van der Waals surface area contributed by atoms with Gasteiger partial charge in [-0.05, 0) is 56.4 Å². The molecule has 0 radical (unpaired) electrons. The summed E-state index contributed by atoms with van der Waals surface area (Å²) in [5.41, 5.74) is 8.08. The summed E-state index contributed by atoms with van der Waals surface area (Å²) in [7, 11) is -3.54. The van der Waals surface area contributed by atoms with Gasteiger partial charge in [0, 0.05) is 6.04 Å². The number of anilines is 1. The van der Waals surface area contributed by atoms with Crippen molar-refractivity contribution in [3.63, 3.8) is 0 Å². The summed E-state index contributed by atoms with van der Waals surface area (Å²) in [5, 5.41) is 0. The molecule has 0 fully saturated rings. The molecule has 1 aliphatic carbocycles. The van der Waals surface area contributed by atoms with E-state index in [2.05, 4.69) is 10.8 Å². The summed E-state index contributed by atoms with van der Waals surface area (Å²) in [5.74, 6) is 0. The quantitative estimate of drug-likeness (QED) is 0.659. The maximum Gasteiger partial charge on any atom is 0.242 e. The van der Waals surface area contributed by atoms with Gasteiger partial charge in [-0.2, -0.15) is 0 Å². The molecule has 0 amide bonds. The first kappa shape index (κ1) is 14.1. The Kier molecular flexibility index (Phi) is 3.96. The van der Waals surface area contributed by atoms with Crippen molar-refractivity contribution in [2.45, 2.75) is 44.0 Å². The average molecular weight is 280 g/mol. The van der Waals surface area contributed by atoms with Crippen LogP contribution in [0.25, 0.3) is 0 Å². The SMILES string of the molecule is Cc1cc(N)c(S(=O)(=O)NC2CC=CCC2)cc1C. The van der Waals surface area contributed by atoms with Crippen molar-refractivity contribution in [1.82, 2.24) is 4.72 Å². The van der Waals surface area contributed by atoms with Crippen LogP contribution in [0.3, 0.4) is 0 Å². The van der Waals surface area contributed by atoms with E-state index in [-0.39, 0.29) is 10.9 Å². The fourth-order valence-electron chi connectivity index (χ4n) is 2.23. The van der Waals surface area contributed by atoms with Crippen molar-refractivity contribution in [2.24, 2.45) is 0 Å². The molecule has 0 saturated carbocycles. The summed E-state index contributed by atoms with van der Waals surface area (Å²) in [6.45, 7) is 3.80. The number of aryl methyl sites for hydroxylation is 2. The number of rotatable bonds is 3. The monoisotopic (exact) mass is 280 g/mol. The summed E-state index contributed by atoms with van der Waals surface area (Å²) >= 11 is 0. The van der Waals surface area contributed by atoms with Gasteiger partial charge in [0.05, 0.1) is 5.69 Å². The molecule has 0 aromatic heterocycles. The highest BCUT2D eigenvalue weighted by Gasteiger charge is 2.22. The van der Waals surface area contributed by atoms with Gasteiger partial charge in [-0.3, -0.25) is 0 Å². The molecule has 19 heavy (non-hydrogen) atoms. The third-order valence-corrected chi connectivity index (χ3v) is 5.08. The molecule has 5 heteroatoms. The molecule has 1 unspecified atom stereocenters. The van der Waals surface area contributed by atoms with Crippen molar-refractivity contribution < 1.29 is 8.42 Å². The van der Waals surface area contributed by atoms with Crippen molar-refractivity contribution in [2.75, 3.05) is 5.73 Å². The summed E-state index contributed by atoms with van der Waals surface area (Å²) in [4.78, 5) is 0.185. The van der Waals surface area contributed by atoms with Crippen LogP contribution in [-0.4, -0.2) is 14.5 Å². The number of sulfonamides is 1. The van der Waals surface area contributed by atoms with Crippen LogP contribution in [0.1, 0.15) is 30.4 Å². The van der Waals surface area contributed by atoms with Gasteiger partial charge in [-0.15, -0.1) is 0 Å². The minimum absolute atomic E-state index is 0.0315. The third kappa shape index (κ3) is 3.16. The number of allylic oxidation sites excluding steroid dienone is 1. The summed E-state index contributed by atoms with van der Waals surface area (Å²) in [6, 6.07) is 3.33. The summed E-state index contributed by atoms with van der Waals surface area (Å²) < 4.78 is 27.5. The predicted octanol–water partition coefficient (Wildman–Crippen LogP) is 2.27. The van der Waals surface area contributed by atoms with Gasteiger partial charge < -0.3 is 5.73 Å². The first-order valence-electron chi connectivity index (χ1n) is 6.44. The number of nitrogen functional groups attached to an aromatic ring is 1. The average Bonchev–Trinajstić information content (AvgIpc) is 2.34. The van der Waals surface area contributed by atoms with Crippen molar-refractivity contribution >= 4 is 15.7 Å². The molecule has 1 aliphatic rings. The largest absolute Gasteiger partial charge is 0.398 e. The van der Waals surface area contributed by atoms with Crippen molar-refractivity contribution in [3.05, 3.63) is 35.4 Å². The maximum atomic E-state index is 12.4. The van der Waals surface area contributed by atoms with E-state index in [9.17, 15) is 8.42 Å². The normalized spacial score (nSPS) is 19.6. The van der Waals surface area contributed by atoms with Crippen LogP contribution in [0, 0.1) is 13.8 Å². The van der Waals surface area contributed by atoms with Crippen molar-refractivity contribution in [3.8, 4) is 0 Å². The van der Waals surface area contributed by atoms with Gasteiger partial charge in [0.15, 0.2) is 0 Å². The molecule has 0 aliphatic heterocycles. The maximum absolute atomic E-state index is 12.4. The van der Waals surface area contributed by atoms with Crippen LogP contribution in [0.15, 0.2) is 29.2 Å². The molecule has 1 aromatic rings. The first-order chi connectivity index (χ1) is 8.90. The minimum atomic E-state index is -3.54. The number of benzene rings is 1. The predicted molar refractivity (Wildman–Crippen MR) is 77.4 cm³/mol. The minimum Gasteiger partial charge on any atom is -0.398 e. The fraction of sp³-hybridized carbons (Fsp3) is 0.429. The standard InChI is InChI=1S/C14H20N2O2S/c1-10-8-13(15)14(9-11(10)2)19(17,18)16-12-6-4-3-5-7-12/h3-4,8-9,12,16H,5-7,15H2,1-2H3. The second-order valence-electron chi connectivity index (χ2n) is 5.08. The topological polar surface area (TPSA) is 72.2 Å². The van der Waals surface area contributed by atoms with E-state index >= 15 is 0 Å². The molecule has 4 nitrogen and oxygen atoms in total. The molecular formula is C14H20N2O2S. The van der Waals surface area contributed by atoms with Gasteiger partial charge >= 0.3 is 0 Å². The van der Waals surface area contributed by atoms with Crippen LogP contribution >= 0.6 is 0 Å². The zero-order valence-electron chi connectivity index (χ0n) is 11.3. The Labute approximate surface area is 114 Å². The molecule has 104 valence electrons. The van der Waals surface area contributed by atoms with E-state index in [1.807, 2.05) is 19.9 Å². The van der Waals surface area contributed by atoms with E-state index in [0.29, 0.717) is 5.69 Å². The lowest BCUT2D eigenvalue weighted by molar-refractivity contribution is 0.522. The van der Waals surface area contributed by atoms with Crippen LogP contribution in [0.4, 0.5) is 5.69 Å². The van der Waals surface area contributed by atoms with Gasteiger partial charge in [0.25, 0.3) is 0 Å². The van der Waals surface area contributed by atoms with Crippen molar-refractivity contribution in [1.29, 1.82) is 0 Å². The van der Waals surface area contributed by atoms with Crippen LogP contribution in [0.2, 0.25) is 0 Å². The molecule has 1 aromatic carbocycles. The van der Waals surface area contributed by atoms with Gasteiger partial charge in [0.2, 0.25) is 10.0 Å². The number of nitrogens with two attached hydrogens (primary N) is 1. The lowest BCUT2D eigenvalue weighted by Gasteiger charge is -2.20. The van der Waals surface area contributed by atoms with Crippen LogP contribution in [0.5, 0.6) is 0 Å². The molecule has 0 heterocycles. The molecule has 2 rings (SSSR count). The van der Waals surface area contributed by atoms with E-state index in [1.54, 1.807) is 12.1 Å². The highest BCUT2D eigenvalue weighted by atomic mass is 32.2. The molecule has 1 atom stereocenters. The number of hydrogen-bond donors (Lipinski definition) is 2. The van der Waals surface area contributed by atoms with Gasteiger partial charge in [-0.1, -0.05) is 12.2 Å². The highest BCUT2D eigenvalue weighted by molar-refractivity contribution is 7.89. The Morgan fingerprint density at radius 1 is 1.21 bits per heavy atom. The second kappa shape index (κ2) is 5.35. The Balaban J connectivity index is 2.29. The Morgan fingerprint density at radius 2 is 1.89 bits per heavy atom. The fourth-order valence-corrected chi connectivity index (χ4v) is 3.71. The smallest absolute Gasteiger partial charge is 0.242 e. The van der Waals surface area contributed by atoms with Gasteiger partial charge in [-0.25, -0.2) is 13.1 Å². The Morgan fingerprint density at radius 3 is 2.53 bits per heavy atom. The molecule has 0 saturated heterocycles.